The highest BCUT2D eigenvalue weighted by Crippen LogP contribution is 2.39. The van der Waals surface area contributed by atoms with E-state index in [0.717, 1.165) is 51.9 Å². The van der Waals surface area contributed by atoms with E-state index < -0.39 is 12.5 Å². The van der Waals surface area contributed by atoms with Gasteiger partial charge in [0.25, 0.3) is 5.91 Å². The molecule has 12 nitrogen and oxygen atoms in total. The summed E-state index contributed by atoms with van der Waals surface area (Å²) >= 11 is 6.27. The average Bonchev–Trinajstić information content (AvgIpc) is 3.58. The molecular formula is C29H32ClF2N9O3. The summed E-state index contributed by atoms with van der Waals surface area (Å²) < 4.78 is 34.7. The zero-order valence-corrected chi connectivity index (χ0v) is 24.8. The SMILES string of the molecule is CC(=O)N1CCC(N2CCC(n3cc(NC(=O)c4c(N)nn5cccnc45)c(-c4cc(Cl)ccc4OC(F)F)n3)CC2)CC1. The summed E-state index contributed by atoms with van der Waals surface area (Å²) in [5.74, 6) is -0.612. The molecule has 2 aliphatic heterocycles. The summed E-state index contributed by atoms with van der Waals surface area (Å²) in [4.78, 5) is 33.9. The summed E-state index contributed by atoms with van der Waals surface area (Å²) in [7, 11) is 0. The van der Waals surface area contributed by atoms with E-state index in [1.165, 1.54) is 28.9 Å². The number of nitrogens with two attached hydrogens (primary N) is 1. The summed E-state index contributed by atoms with van der Waals surface area (Å²) in [6.45, 7) is 1.74. The number of amides is 2. The number of nitrogens with zero attached hydrogens (tertiary/aromatic N) is 7. The minimum atomic E-state index is -3.08. The Labute approximate surface area is 256 Å². The van der Waals surface area contributed by atoms with Crippen LogP contribution in [0.1, 0.15) is 49.0 Å². The van der Waals surface area contributed by atoms with Gasteiger partial charge in [0.05, 0.1) is 11.7 Å². The number of carbonyl (C=O) groups excluding carboxylic acids is 2. The van der Waals surface area contributed by atoms with Crippen molar-refractivity contribution in [3.05, 3.63) is 53.4 Å². The summed E-state index contributed by atoms with van der Waals surface area (Å²) in [6, 6.07) is 6.34. The van der Waals surface area contributed by atoms with E-state index in [-0.39, 0.29) is 56.7 Å². The Morgan fingerprint density at radius 2 is 1.82 bits per heavy atom. The Morgan fingerprint density at radius 3 is 2.52 bits per heavy atom. The van der Waals surface area contributed by atoms with E-state index in [4.69, 9.17) is 27.2 Å². The van der Waals surface area contributed by atoms with E-state index in [1.54, 1.807) is 30.1 Å². The summed E-state index contributed by atoms with van der Waals surface area (Å²) in [6.07, 6.45) is 8.31. The number of likely N-dealkylation sites (tertiary alicyclic amines) is 2. The first kappa shape index (κ1) is 29.8. The molecule has 15 heteroatoms. The number of aromatic nitrogens is 5. The third kappa shape index (κ3) is 6.04. The van der Waals surface area contributed by atoms with Crippen LogP contribution in [0.3, 0.4) is 0 Å². The van der Waals surface area contributed by atoms with Gasteiger partial charge in [0.15, 0.2) is 11.5 Å². The standard InChI is InChI=1S/C29H32ClF2N9O3/c1-17(42)38-11-5-19(6-12-38)39-13-7-20(8-14-39)41-16-22(25(36-41)21-15-18(30)3-4-23(21)44-29(31)32)35-28(43)24-26(33)37-40-10-2-9-34-27(24)40/h2-4,9-10,15-16,19-20,29H,5-8,11-14H2,1H3,(H2,33,37)(H,35,43). The Balaban J connectivity index is 1.28. The molecule has 0 radical (unpaired) electrons. The fraction of sp³-hybridized carbons (Fsp3) is 0.414. The van der Waals surface area contributed by atoms with Crippen LogP contribution >= 0.6 is 11.6 Å². The number of ether oxygens (including phenoxy) is 1. The highest BCUT2D eigenvalue weighted by Gasteiger charge is 2.31. The molecule has 44 heavy (non-hydrogen) atoms. The third-order valence-electron chi connectivity index (χ3n) is 8.34. The van der Waals surface area contributed by atoms with Gasteiger partial charge in [0.1, 0.15) is 17.0 Å². The number of piperidine rings is 2. The molecule has 0 bridgehead atoms. The van der Waals surface area contributed by atoms with Gasteiger partial charge < -0.3 is 25.6 Å². The molecule has 2 aliphatic rings. The molecular weight excluding hydrogens is 596 g/mol. The smallest absolute Gasteiger partial charge is 0.387 e. The Hall–Kier alpha value is -4.30. The fourth-order valence-corrected chi connectivity index (χ4v) is 6.30. The van der Waals surface area contributed by atoms with Crippen LogP contribution in [-0.2, 0) is 4.79 Å². The number of hydrogen-bond acceptors (Lipinski definition) is 8. The molecule has 2 saturated heterocycles. The predicted molar refractivity (Wildman–Crippen MR) is 160 cm³/mol. The predicted octanol–water partition coefficient (Wildman–Crippen LogP) is 4.33. The lowest BCUT2D eigenvalue weighted by Gasteiger charge is -2.41. The number of hydrogen-bond donors (Lipinski definition) is 2. The molecule has 2 fully saturated rings. The van der Waals surface area contributed by atoms with Gasteiger partial charge >= 0.3 is 6.61 Å². The molecule has 3 N–H and O–H groups in total. The first-order valence-electron chi connectivity index (χ1n) is 14.4. The molecule has 232 valence electrons. The van der Waals surface area contributed by atoms with Crippen LogP contribution in [-0.4, -0.2) is 84.8 Å². The van der Waals surface area contributed by atoms with Crippen LogP contribution in [0.15, 0.2) is 42.9 Å². The minimum absolute atomic E-state index is 0.00433. The minimum Gasteiger partial charge on any atom is -0.434 e. The monoisotopic (exact) mass is 627 g/mol. The van der Waals surface area contributed by atoms with Crippen molar-refractivity contribution in [2.75, 3.05) is 37.2 Å². The van der Waals surface area contributed by atoms with Crippen molar-refractivity contribution in [1.29, 1.82) is 0 Å². The molecule has 4 aromatic rings. The lowest BCUT2D eigenvalue weighted by atomic mass is 9.98. The molecule has 2 amide bonds. The third-order valence-corrected chi connectivity index (χ3v) is 8.58. The van der Waals surface area contributed by atoms with Gasteiger partial charge in [-0.15, -0.1) is 5.10 Å². The Kier molecular flexibility index (Phi) is 8.36. The van der Waals surface area contributed by atoms with Crippen molar-refractivity contribution in [3.8, 4) is 17.0 Å². The number of nitrogens with one attached hydrogen (secondary N) is 1. The van der Waals surface area contributed by atoms with Crippen molar-refractivity contribution >= 4 is 40.6 Å². The lowest BCUT2D eigenvalue weighted by molar-refractivity contribution is -0.130. The van der Waals surface area contributed by atoms with Gasteiger partial charge in [-0.1, -0.05) is 11.6 Å². The maximum absolute atomic E-state index is 13.6. The lowest BCUT2D eigenvalue weighted by Crippen LogP contribution is -2.48. The number of benzene rings is 1. The molecule has 5 heterocycles. The second-order valence-corrected chi connectivity index (χ2v) is 11.4. The van der Waals surface area contributed by atoms with Crippen LogP contribution < -0.4 is 15.8 Å². The second-order valence-electron chi connectivity index (χ2n) is 11.0. The van der Waals surface area contributed by atoms with Gasteiger partial charge in [-0.05, 0) is 49.9 Å². The maximum Gasteiger partial charge on any atom is 0.387 e. The number of anilines is 2. The number of nitrogen functional groups attached to an aromatic ring is 1. The molecule has 0 aliphatic carbocycles. The van der Waals surface area contributed by atoms with E-state index in [2.05, 4.69) is 20.3 Å². The zero-order chi connectivity index (χ0) is 31.0. The molecule has 0 atom stereocenters. The molecule has 0 unspecified atom stereocenters. The van der Waals surface area contributed by atoms with Crippen LogP contribution in [0.2, 0.25) is 5.02 Å². The van der Waals surface area contributed by atoms with Crippen molar-refractivity contribution in [3.63, 3.8) is 0 Å². The van der Waals surface area contributed by atoms with Crippen LogP contribution in [0.5, 0.6) is 5.75 Å². The number of alkyl halides is 2. The van der Waals surface area contributed by atoms with Crippen molar-refractivity contribution in [2.45, 2.75) is 51.3 Å². The number of carbonyl (C=O) groups is 2. The van der Waals surface area contributed by atoms with Crippen molar-refractivity contribution < 1.29 is 23.1 Å². The van der Waals surface area contributed by atoms with Crippen LogP contribution in [0, 0.1) is 0 Å². The molecule has 0 saturated carbocycles. The van der Waals surface area contributed by atoms with Gasteiger partial charge in [-0.25, -0.2) is 9.50 Å². The quantitative estimate of drug-likeness (QED) is 0.309. The zero-order valence-electron chi connectivity index (χ0n) is 24.0. The van der Waals surface area contributed by atoms with Crippen molar-refractivity contribution in [1.82, 2.24) is 34.2 Å². The highest BCUT2D eigenvalue weighted by atomic mass is 35.5. The second kappa shape index (κ2) is 12.4. The summed E-state index contributed by atoms with van der Waals surface area (Å²) in [5.41, 5.74) is 7.11. The molecule has 1 aromatic carbocycles. The highest BCUT2D eigenvalue weighted by molar-refractivity contribution is 6.31. The molecule has 3 aromatic heterocycles. The van der Waals surface area contributed by atoms with Crippen LogP contribution in [0.4, 0.5) is 20.3 Å². The number of halogens is 3. The van der Waals surface area contributed by atoms with Crippen molar-refractivity contribution in [2.24, 2.45) is 0 Å². The Morgan fingerprint density at radius 1 is 1.09 bits per heavy atom. The van der Waals surface area contributed by atoms with Gasteiger partial charge in [0.2, 0.25) is 5.91 Å². The normalized spacial score (nSPS) is 17.0. The first-order valence-corrected chi connectivity index (χ1v) is 14.8. The first-order chi connectivity index (χ1) is 21.2. The molecule has 0 spiro atoms. The van der Waals surface area contributed by atoms with Gasteiger partial charge in [-0.2, -0.15) is 13.9 Å². The number of rotatable bonds is 7. The summed E-state index contributed by atoms with van der Waals surface area (Å²) in [5, 5.41) is 12.1. The number of fused-ring (bicyclic) bond motifs is 1. The molecule has 6 rings (SSSR count). The topological polar surface area (TPSA) is 136 Å². The Bertz CT molecular complexity index is 1680. The largest absolute Gasteiger partial charge is 0.434 e. The average molecular weight is 628 g/mol. The van der Waals surface area contributed by atoms with E-state index >= 15 is 0 Å². The van der Waals surface area contributed by atoms with Crippen LogP contribution in [0.25, 0.3) is 16.9 Å². The fourth-order valence-electron chi connectivity index (χ4n) is 6.12. The van der Waals surface area contributed by atoms with E-state index in [0.29, 0.717) is 6.04 Å². The van der Waals surface area contributed by atoms with E-state index in [9.17, 15) is 18.4 Å². The van der Waals surface area contributed by atoms with Gasteiger partial charge in [-0.3, -0.25) is 14.3 Å². The van der Waals surface area contributed by atoms with E-state index in [1.807, 2.05) is 4.90 Å². The van der Waals surface area contributed by atoms with Gasteiger partial charge in [0, 0.05) is 68.3 Å². The maximum atomic E-state index is 13.6.